The highest BCUT2D eigenvalue weighted by atomic mass is 79.9. The second-order valence-corrected chi connectivity index (χ2v) is 25.9. The van der Waals surface area contributed by atoms with Crippen molar-refractivity contribution in [1.29, 1.82) is 0 Å². The normalized spacial score (nSPS) is 14.9. The van der Waals surface area contributed by atoms with E-state index in [1.807, 2.05) is 78.9 Å². The lowest BCUT2D eigenvalue weighted by Crippen LogP contribution is -2.27. The van der Waals surface area contributed by atoms with Crippen molar-refractivity contribution in [3.63, 3.8) is 0 Å². The number of fused-ring (bicyclic) bond motifs is 3. The number of nitrogens with zero attached hydrogens (tertiary/aromatic N) is 2. The fourth-order valence-corrected chi connectivity index (χ4v) is 12.4. The van der Waals surface area contributed by atoms with Crippen LogP contribution in [0.25, 0.3) is 11.1 Å². The molecule has 3 heterocycles. The van der Waals surface area contributed by atoms with Crippen LogP contribution in [0.2, 0.25) is 0 Å². The number of rotatable bonds is 17. The number of carbonyl (C=O) groups is 6. The van der Waals surface area contributed by atoms with Gasteiger partial charge in [0.25, 0.3) is 11.8 Å². The van der Waals surface area contributed by atoms with E-state index in [9.17, 15) is 39.0 Å². The number of nitrogens with one attached hydrogen (secondary N) is 3. The van der Waals surface area contributed by atoms with Crippen molar-refractivity contribution in [2.75, 3.05) is 71.6 Å². The Morgan fingerprint density at radius 1 is 0.469 bits per heavy atom. The molecule has 0 atom stereocenters. The maximum absolute atomic E-state index is 13.3. The first kappa shape index (κ1) is 69.4. The summed E-state index contributed by atoms with van der Waals surface area (Å²) in [5.74, 6) is 3.90. The monoisotopic (exact) mass is 1460 g/mol. The van der Waals surface area contributed by atoms with Crippen LogP contribution in [-0.4, -0.2) is 124 Å². The van der Waals surface area contributed by atoms with Gasteiger partial charge in [0.15, 0.2) is 34.5 Å². The number of hydrogen-bond donors (Lipinski definition) is 6. The van der Waals surface area contributed by atoms with Gasteiger partial charge < -0.3 is 78.8 Å². The number of esters is 1. The Bertz CT molecular complexity index is 4350. The molecule has 505 valence electrons. The maximum atomic E-state index is 13.3. The molecule has 0 spiro atoms. The minimum absolute atomic E-state index is 0.0231. The minimum atomic E-state index is -0.578. The zero-order valence-electron chi connectivity index (χ0n) is 54.1. The number of amides is 5. The Morgan fingerprint density at radius 3 is 1.21 bits per heavy atom. The lowest BCUT2D eigenvalue weighted by atomic mass is 9.94. The molecule has 14 rings (SSSR count). The number of ether oxygens (including phenoxy) is 7. The van der Waals surface area contributed by atoms with Crippen LogP contribution in [0.1, 0.15) is 97.4 Å². The van der Waals surface area contributed by atoms with Crippen molar-refractivity contribution in [3.8, 4) is 51.4 Å². The summed E-state index contributed by atoms with van der Waals surface area (Å²) in [6, 6.07) is 46.6. The number of aliphatic hydroxyl groups excluding tert-OH is 2. The van der Waals surface area contributed by atoms with Crippen molar-refractivity contribution in [2.45, 2.75) is 68.0 Å². The quantitative estimate of drug-likeness (QED) is 0.0365. The number of benzene rings is 8. The molecule has 1 radical (unpaired) electrons. The molecule has 0 saturated heterocycles. The van der Waals surface area contributed by atoms with Gasteiger partial charge >= 0.3 is 13.7 Å². The average Bonchev–Trinajstić information content (AvgIpc) is 1.61. The Balaban J connectivity index is 0.000000138. The Labute approximate surface area is 582 Å². The molecule has 98 heavy (non-hydrogen) atoms. The van der Waals surface area contributed by atoms with Gasteiger partial charge in [0.05, 0.1) is 42.1 Å². The molecule has 8 aromatic rings. The van der Waals surface area contributed by atoms with E-state index < -0.39 is 22.2 Å². The predicted molar refractivity (Wildman–Crippen MR) is 371 cm³/mol. The van der Waals surface area contributed by atoms with Gasteiger partial charge in [-0.25, -0.2) is 4.79 Å². The molecule has 8 aromatic carbocycles. The number of hydrogen-bond acceptors (Lipinski definition) is 17. The fourth-order valence-electron chi connectivity index (χ4n) is 11.4. The largest absolute Gasteiger partial charge is 0.569 e. The number of halogens is 2. The van der Waals surface area contributed by atoms with Crippen molar-refractivity contribution in [3.05, 3.63) is 211 Å². The van der Waals surface area contributed by atoms with Gasteiger partial charge in [0.1, 0.15) is 5.75 Å². The zero-order chi connectivity index (χ0) is 69.5. The first-order chi connectivity index (χ1) is 47.2. The average molecular weight is 1460 g/mol. The minimum Gasteiger partial charge on any atom is -0.537 e. The summed E-state index contributed by atoms with van der Waals surface area (Å²) >= 11 is 6.74. The van der Waals surface area contributed by atoms with Crippen LogP contribution in [-0.2, 0) is 48.6 Å². The standard InChI is InChI=1S/C27H26N2O5.C19H16BrNO5.C18H16BrNO4.C9H11BNO3/c1-29(2)25(31)18-5-3-17(4-6-18)22-14-21(9-7-19(22)15-30)28-26(32)27(11-12-27)20-8-10-23-24(13-20)34-16-33-23;1-24-17(22)13-4-3-12(9-14(13)20)21-18(23)19(6-7-19)11-2-5-15-16(8-11)26-10-25-15;19-14-8-13(3-1-11(14)9-21)20-17(22)18(5-6-18)12-2-4-15-16(7-12)24-10-23-15;1-11(2)9(12)7-3-5-8(6-4-7)14-10-13/h3-10,13-14,30H,11-12,15-16H2,1-2H3,(H,28,32);2-5,8-9H,6-7,10H2,1H3,(H,21,23);1-4,7-8,21H,5-6,9-10H2,(H,20,22);3-6,13H,1-2H3. The van der Waals surface area contributed by atoms with Gasteiger partial charge in [-0.3, -0.25) is 24.0 Å². The topological polar surface area (TPSA) is 280 Å². The number of methoxy groups -OCH3 is 1. The van der Waals surface area contributed by atoms with Crippen LogP contribution in [0, 0.1) is 0 Å². The molecule has 3 fully saturated rings. The smallest absolute Gasteiger partial charge is 0.537 e. The summed E-state index contributed by atoms with van der Waals surface area (Å²) in [6.45, 7) is 0.447. The van der Waals surface area contributed by atoms with E-state index >= 15 is 0 Å². The summed E-state index contributed by atoms with van der Waals surface area (Å²) in [7, 11) is 8.73. The van der Waals surface area contributed by atoms with Gasteiger partial charge in [-0.1, -0.05) is 58.4 Å². The molecule has 25 heteroatoms. The Hall–Kier alpha value is -9.92. The number of anilines is 3. The van der Waals surface area contributed by atoms with Crippen molar-refractivity contribution in [2.24, 2.45) is 0 Å². The Kier molecular flexibility index (Phi) is 21.1. The summed E-state index contributed by atoms with van der Waals surface area (Å²) in [4.78, 5) is 77.3. The van der Waals surface area contributed by atoms with Crippen molar-refractivity contribution < 1.29 is 81.8 Å². The van der Waals surface area contributed by atoms with E-state index in [4.69, 9.17) is 42.8 Å². The van der Waals surface area contributed by atoms with Crippen LogP contribution in [0.3, 0.4) is 0 Å². The van der Waals surface area contributed by atoms with Crippen LogP contribution < -0.4 is 49.0 Å². The third-order valence-electron chi connectivity index (χ3n) is 17.5. The highest BCUT2D eigenvalue weighted by molar-refractivity contribution is 9.10. The molecule has 0 unspecified atom stereocenters. The lowest BCUT2D eigenvalue weighted by molar-refractivity contribution is -0.119. The summed E-state index contributed by atoms with van der Waals surface area (Å²) in [5.41, 5.74) is 7.89. The summed E-state index contributed by atoms with van der Waals surface area (Å²) in [6.07, 6.45) is 4.71. The second kappa shape index (κ2) is 29.8. The molecule has 22 nitrogen and oxygen atoms in total. The lowest BCUT2D eigenvalue weighted by Gasteiger charge is -2.18. The Morgan fingerprint density at radius 2 is 0.847 bits per heavy atom. The van der Waals surface area contributed by atoms with E-state index in [1.54, 1.807) is 107 Å². The van der Waals surface area contributed by atoms with Gasteiger partial charge in [-0.2, -0.15) is 0 Å². The molecular formula is C73H69BBr2N5O17. The van der Waals surface area contributed by atoms with E-state index in [0.717, 1.165) is 87.7 Å². The van der Waals surface area contributed by atoms with E-state index in [1.165, 1.54) is 16.9 Å². The highest BCUT2D eigenvalue weighted by Gasteiger charge is 2.54. The summed E-state index contributed by atoms with van der Waals surface area (Å²) < 4.78 is 43.1. The molecule has 0 bridgehead atoms. The number of aliphatic hydroxyl groups is 2. The fraction of sp³-hybridized carbons (Fsp3) is 0.260. The molecule has 6 N–H and O–H groups in total. The SMILES string of the molecule is CN(C)C(=O)c1ccc(-c2cc(NC(=O)C3(c4ccc5c(c4)OCO5)CC3)ccc2CO)cc1.CN(C)C(=O)c1ccc(O[B]O)cc1.COC(=O)c1ccc(NC(=O)C2(c3ccc4c(c3)OCO4)CC2)cc1Br.O=C(Nc1ccc(CO)c(Br)c1)C1(c2ccc3c(c2)OCO3)CC1. The van der Waals surface area contributed by atoms with Crippen LogP contribution in [0.15, 0.2) is 167 Å². The molecule has 3 aliphatic carbocycles. The van der Waals surface area contributed by atoms with Crippen LogP contribution in [0.5, 0.6) is 40.2 Å². The molecule has 3 aliphatic heterocycles. The summed E-state index contributed by atoms with van der Waals surface area (Å²) in [5, 5.41) is 36.4. The van der Waals surface area contributed by atoms with Gasteiger partial charge in [0.2, 0.25) is 38.1 Å². The predicted octanol–water partition coefficient (Wildman–Crippen LogP) is 11.2. The number of carbonyl (C=O) groups excluding carboxylic acids is 6. The zero-order valence-corrected chi connectivity index (χ0v) is 57.2. The van der Waals surface area contributed by atoms with Gasteiger partial charge in [-0.05, 0) is 209 Å². The van der Waals surface area contributed by atoms with E-state index in [2.05, 4.69) is 47.8 Å². The molecule has 5 amide bonds. The van der Waals surface area contributed by atoms with Gasteiger partial charge in [0, 0.05) is 65.3 Å². The third-order valence-corrected chi connectivity index (χ3v) is 18.9. The first-order valence-corrected chi connectivity index (χ1v) is 32.7. The van der Waals surface area contributed by atoms with Gasteiger partial charge in [-0.15, -0.1) is 0 Å². The molecular weight excluding hydrogens is 1390 g/mol. The van der Waals surface area contributed by atoms with Crippen molar-refractivity contribution >= 4 is 92.1 Å². The first-order valence-electron chi connectivity index (χ1n) is 31.1. The van der Waals surface area contributed by atoms with Crippen molar-refractivity contribution in [1.82, 2.24) is 9.80 Å². The van der Waals surface area contributed by atoms with E-state index in [-0.39, 0.29) is 63.1 Å². The van der Waals surface area contributed by atoms with E-state index in [0.29, 0.717) is 80.4 Å². The molecule has 0 aromatic heterocycles. The second-order valence-electron chi connectivity index (χ2n) is 24.2. The maximum Gasteiger partial charge on any atom is 0.569 e. The molecule has 6 aliphatic rings. The van der Waals surface area contributed by atoms with Crippen LogP contribution in [0.4, 0.5) is 17.1 Å². The highest BCUT2D eigenvalue weighted by Crippen LogP contribution is 2.54. The third kappa shape index (κ3) is 15.3. The van der Waals surface area contributed by atoms with Crippen LogP contribution >= 0.6 is 31.9 Å². The molecule has 3 saturated carbocycles.